The lowest BCUT2D eigenvalue weighted by Crippen LogP contribution is -2.51. The molecule has 7 heteroatoms. The molecule has 0 saturated carbocycles. The van der Waals surface area contributed by atoms with E-state index in [-0.39, 0.29) is 11.5 Å². The molecule has 0 amide bonds. The average Bonchev–Trinajstić information content (AvgIpc) is 3.01. The van der Waals surface area contributed by atoms with Gasteiger partial charge in [0.1, 0.15) is 0 Å². The molecule has 0 bridgehead atoms. The maximum Gasteiger partial charge on any atom is 0.279 e. The largest absolute Gasteiger partial charge is 0.298 e. The predicted octanol–water partition coefficient (Wildman–Crippen LogP) is 2.67. The van der Waals surface area contributed by atoms with E-state index in [1.54, 1.807) is 15.6 Å². The summed E-state index contributed by atoms with van der Waals surface area (Å²) in [6, 6.07) is 4.32. The molecule has 2 aliphatic rings. The van der Waals surface area contributed by atoms with E-state index in [4.69, 9.17) is 0 Å². The Labute approximate surface area is 150 Å². The molecule has 2 aliphatic heterocycles. The Morgan fingerprint density at radius 1 is 1.21 bits per heavy atom. The molecule has 1 N–H and O–H groups in total. The second-order valence-electron chi connectivity index (χ2n) is 7.82. The van der Waals surface area contributed by atoms with Crippen LogP contribution < -0.4 is 4.72 Å². The molecule has 0 radical (unpaired) electrons. The molecule has 5 nitrogen and oxygen atoms in total. The minimum Gasteiger partial charge on any atom is -0.298 e. The minimum absolute atomic E-state index is 0.0736. The summed E-state index contributed by atoms with van der Waals surface area (Å²) < 4.78 is 29.8. The third kappa shape index (κ3) is 4.79. The lowest BCUT2D eigenvalue weighted by atomic mass is 9.83. The maximum absolute atomic E-state index is 12.6. The summed E-state index contributed by atoms with van der Waals surface area (Å²) in [7, 11) is -3.33. The van der Waals surface area contributed by atoms with Gasteiger partial charge in [0.25, 0.3) is 10.2 Å². The van der Waals surface area contributed by atoms with Gasteiger partial charge in [-0.15, -0.1) is 11.3 Å². The number of rotatable bonds is 5. The number of piperidine rings is 2. The van der Waals surface area contributed by atoms with Crippen LogP contribution in [0.5, 0.6) is 0 Å². The SMILES string of the molecule is CC1(C)CCN(S(=O)(=O)NC2CCN(Cc3cccs3)CC2)CC1. The van der Waals surface area contributed by atoms with Gasteiger partial charge >= 0.3 is 0 Å². The van der Waals surface area contributed by atoms with Crippen molar-refractivity contribution in [3.05, 3.63) is 22.4 Å². The van der Waals surface area contributed by atoms with Crippen LogP contribution >= 0.6 is 11.3 Å². The first-order valence-corrected chi connectivity index (χ1v) is 11.2. The summed E-state index contributed by atoms with van der Waals surface area (Å²) in [5.74, 6) is 0. The van der Waals surface area contributed by atoms with Crippen LogP contribution in [0.2, 0.25) is 0 Å². The van der Waals surface area contributed by atoms with Gasteiger partial charge in [-0.1, -0.05) is 19.9 Å². The summed E-state index contributed by atoms with van der Waals surface area (Å²) in [5.41, 5.74) is 0.263. The third-order valence-electron chi connectivity index (χ3n) is 5.28. The van der Waals surface area contributed by atoms with Gasteiger partial charge in [-0.25, -0.2) is 0 Å². The Balaban J connectivity index is 1.46. The molecule has 0 spiro atoms. The molecule has 1 aromatic rings. The van der Waals surface area contributed by atoms with Gasteiger partial charge < -0.3 is 0 Å². The average molecular weight is 372 g/mol. The lowest BCUT2D eigenvalue weighted by molar-refractivity contribution is 0.186. The lowest BCUT2D eigenvalue weighted by Gasteiger charge is -2.38. The van der Waals surface area contributed by atoms with Crippen LogP contribution in [0.4, 0.5) is 0 Å². The zero-order valence-electron chi connectivity index (χ0n) is 14.7. The molecular weight excluding hydrogens is 342 g/mol. The number of hydrogen-bond donors (Lipinski definition) is 1. The molecular formula is C17H29N3O2S2. The van der Waals surface area contributed by atoms with E-state index in [0.29, 0.717) is 13.1 Å². The van der Waals surface area contributed by atoms with Crippen molar-refractivity contribution >= 4 is 21.5 Å². The Hall–Kier alpha value is -0.470. The van der Waals surface area contributed by atoms with Crippen molar-refractivity contribution in [1.82, 2.24) is 13.9 Å². The Morgan fingerprint density at radius 2 is 1.88 bits per heavy atom. The van der Waals surface area contributed by atoms with E-state index in [1.165, 1.54) is 4.88 Å². The highest BCUT2D eigenvalue weighted by molar-refractivity contribution is 7.87. The van der Waals surface area contributed by atoms with Crippen LogP contribution in [0.25, 0.3) is 0 Å². The fourth-order valence-corrected chi connectivity index (χ4v) is 5.66. The van der Waals surface area contributed by atoms with Crippen LogP contribution in [0.3, 0.4) is 0 Å². The van der Waals surface area contributed by atoms with Crippen LogP contribution in [0.1, 0.15) is 44.4 Å². The summed E-state index contributed by atoms with van der Waals surface area (Å²) in [6.07, 6.45) is 3.66. The van der Waals surface area contributed by atoms with Gasteiger partial charge in [0, 0.05) is 43.6 Å². The van der Waals surface area contributed by atoms with Crippen LogP contribution in [0, 0.1) is 5.41 Å². The molecule has 1 aromatic heterocycles. The van der Waals surface area contributed by atoms with Gasteiger partial charge in [0.05, 0.1) is 0 Å². The monoisotopic (exact) mass is 371 g/mol. The predicted molar refractivity (Wildman–Crippen MR) is 99.3 cm³/mol. The molecule has 3 heterocycles. The molecule has 0 unspecified atom stereocenters. The Morgan fingerprint density at radius 3 is 2.46 bits per heavy atom. The van der Waals surface area contributed by atoms with E-state index >= 15 is 0 Å². The minimum atomic E-state index is -3.33. The van der Waals surface area contributed by atoms with E-state index in [9.17, 15) is 8.42 Å². The van der Waals surface area contributed by atoms with E-state index in [0.717, 1.165) is 45.3 Å². The van der Waals surface area contributed by atoms with Gasteiger partial charge in [-0.05, 0) is 42.5 Å². The van der Waals surface area contributed by atoms with E-state index in [2.05, 4.69) is 41.0 Å². The van der Waals surface area contributed by atoms with Crippen molar-refractivity contribution in [2.75, 3.05) is 26.2 Å². The third-order valence-corrected chi connectivity index (χ3v) is 7.82. The fourth-order valence-electron chi connectivity index (χ4n) is 3.45. The molecule has 2 saturated heterocycles. The molecule has 3 rings (SSSR count). The Kier molecular flexibility index (Phi) is 5.66. The van der Waals surface area contributed by atoms with E-state index in [1.807, 2.05) is 0 Å². The maximum atomic E-state index is 12.6. The first-order chi connectivity index (χ1) is 11.3. The van der Waals surface area contributed by atoms with Crippen LogP contribution in [-0.4, -0.2) is 49.8 Å². The molecule has 2 fully saturated rings. The normalized spacial score (nSPS) is 24.2. The quantitative estimate of drug-likeness (QED) is 0.866. The number of likely N-dealkylation sites (tertiary alicyclic amines) is 1. The topological polar surface area (TPSA) is 52.7 Å². The van der Waals surface area contributed by atoms with E-state index < -0.39 is 10.2 Å². The number of nitrogens with zero attached hydrogens (tertiary/aromatic N) is 2. The van der Waals surface area contributed by atoms with Crippen molar-refractivity contribution in [1.29, 1.82) is 0 Å². The summed E-state index contributed by atoms with van der Waals surface area (Å²) in [6.45, 7) is 8.61. The molecule has 0 aromatic carbocycles. The van der Waals surface area contributed by atoms with Crippen molar-refractivity contribution in [3.8, 4) is 0 Å². The molecule has 0 aliphatic carbocycles. The fraction of sp³-hybridized carbons (Fsp3) is 0.765. The summed E-state index contributed by atoms with van der Waals surface area (Å²) in [5, 5.41) is 2.11. The number of hydrogen-bond acceptors (Lipinski definition) is 4. The number of nitrogens with one attached hydrogen (secondary N) is 1. The highest BCUT2D eigenvalue weighted by atomic mass is 32.2. The molecule has 0 atom stereocenters. The van der Waals surface area contributed by atoms with Gasteiger partial charge in [0.2, 0.25) is 0 Å². The van der Waals surface area contributed by atoms with Crippen LogP contribution in [-0.2, 0) is 16.8 Å². The molecule has 136 valence electrons. The standard InChI is InChI=1S/C17H29N3O2S2/c1-17(2)7-11-20(12-8-17)24(21,22)18-15-5-9-19(10-6-15)14-16-4-3-13-23-16/h3-4,13,15,18H,5-12,14H2,1-2H3. The highest BCUT2D eigenvalue weighted by Gasteiger charge is 2.33. The second-order valence-corrected chi connectivity index (χ2v) is 10.6. The van der Waals surface area contributed by atoms with Crippen molar-refractivity contribution in [2.24, 2.45) is 5.41 Å². The van der Waals surface area contributed by atoms with Crippen molar-refractivity contribution < 1.29 is 8.42 Å². The van der Waals surface area contributed by atoms with Crippen molar-refractivity contribution in [3.63, 3.8) is 0 Å². The highest BCUT2D eigenvalue weighted by Crippen LogP contribution is 2.30. The summed E-state index contributed by atoms with van der Waals surface area (Å²) in [4.78, 5) is 3.80. The zero-order valence-corrected chi connectivity index (χ0v) is 16.3. The number of thiophene rings is 1. The second kappa shape index (κ2) is 7.41. The zero-order chi connectivity index (χ0) is 17.2. The molecule has 24 heavy (non-hydrogen) atoms. The van der Waals surface area contributed by atoms with Crippen LogP contribution in [0.15, 0.2) is 17.5 Å². The smallest absolute Gasteiger partial charge is 0.279 e. The summed E-state index contributed by atoms with van der Waals surface area (Å²) >= 11 is 1.79. The Bertz CT molecular complexity index is 610. The van der Waals surface area contributed by atoms with Crippen molar-refractivity contribution in [2.45, 2.75) is 52.1 Å². The van der Waals surface area contributed by atoms with Gasteiger partial charge in [-0.3, -0.25) is 4.90 Å². The van der Waals surface area contributed by atoms with Gasteiger partial charge in [-0.2, -0.15) is 17.4 Å². The van der Waals surface area contributed by atoms with Gasteiger partial charge in [0.15, 0.2) is 0 Å². The first-order valence-electron chi connectivity index (χ1n) is 8.86. The first kappa shape index (κ1) is 18.3.